The summed E-state index contributed by atoms with van der Waals surface area (Å²) in [6.45, 7) is 5.92. The molecule has 1 amide bonds. The van der Waals surface area contributed by atoms with Gasteiger partial charge in [0, 0.05) is 23.5 Å². The number of fused-ring (bicyclic) bond motifs is 1. The van der Waals surface area contributed by atoms with Gasteiger partial charge in [-0.3, -0.25) is 4.79 Å². The molecule has 4 aromatic rings. The Labute approximate surface area is 174 Å². The average Bonchev–Trinajstić information content (AvgIpc) is 3.18. The van der Waals surface area contributed by atoms with Crippen molar-refractivity contribution in [1.82, 2.24) is 19.6 Å². The van der Waals surface area contributed by atoms with Crippen LogP contribution in [0.3, 0.4) is 0 Å². The second kappa shape index (κ2) is 8.32. The van der Waals surface area contributed by atoms with Gasteiger partial charge in [0.2, 0.25) is 5.91 Å². The lowest BCUT2D eigenvalue weighted by atomic mass is 10.1. The molecule has 0 saturated heterocycles. The molecule has 0 atom stereocenters. The zero-order valence-electron chi connectivity index (χ0n) is 17.2. The summed E-state index contributed by atoms with van der Waals surface area (Å²) in [5.74, 6) is 2.03. The third-order valence-corrected chi connectivity index (χ3v) is 4.95. The summed E-state index contributed by atoms with van der Waals surface area (Å²) in [7, 11) is 0. The lowest BCUT2D eigenvalue weighted by molar-refractivity contribution is -0.116. The molecule has 7 nitrogen and oxygen atoms in total. The highest BCUT2D eigenvalue weighted by Gasteiger charge is 2.12. The van der Waals surface area contributed by atoms with Crippen LogP contribution in [0.4, 0.5) is 5.69 Å². The Morgan fingerprint density at radius 3 is 2.63 bits per heavy atom. The normalized spacial score (nSPS) is 10.9. The van der Waals surface area contributed by atoms with E-state index in [1.807, 2.05) is 69.3 Å². The molecule has 0 aliphatic rings. The first kappa shape index (κ1) is 19.6. The van der Waals surface area contributed by atoms with E-state index >= 15 is 0 Å². The number of rotatable bonds is 6. The first-order chi connectivity index (χ1) is 14.5. The van der Waals surface area contributed by atoms with Gasteiger partial charge in [0.1, 0.15) is 17.8 Å². The monoisotopic (exact) mass is 401 g/mol. The van der Waals surface area contributed by atoms with Gasteiger partial charge in [-0.15, -0.1) is 0 Å². The SMILES string of the molecule is Cc1cccc(Oc2ccc(NC(=O)CCc3c(C)nc4ncnn4c3C)cc2)c1. The highest BCUT2D eigenvalue weighted by molar-refractivity contribution is 5.90. The van der Waals surface area contributed by atoms with Gasteiger partial charge < -0.3 is 10.1 Å². The molecular weight excluding hydrogens is 378 g/mol. The molecule has 0 aliphatic carbocycles. The fraction of sp³-hybridized carbons (Fsp3) is 0.217. The molecule has 2 heterocycles. The van der Waals surface area contributed by atoms with Crippen molar-refractivity contribution in [2.45, 2.75) is 33.6 Å². The summed E-state index contributed by atoms with van der Waals surface area (Å²) < 4.78 is 7.55. The van der Waals surface area contributed by atoms with Gasteiger partial charge in [-0.25, -0.2) is 9.50 Å². The van der Waals surface area contributed by atoms with Crippen molar-refractivity contribution in [3.63, 3.8) is 0 Å². The molecule has 2 aromatic carbocycles. The fourth-order valence-corrected chi connectivity index (χ4v) is 3.40. The molecule has 4 rings (SSSR count). The van der Waals surface area contributed by atoms with Crippen LogP contribution in [0.5, 0.6) is 11.5 Å². The van der Waals surface area contributed by atoms with Crippen molar-refractivity contribution < 1.29 is 9.53 Å². The number of nitrogens with one attached hydrogen (secondary N) is 1. The number of anilines is 1. The lowest BCUT2D eigenvalue weighted by Gasteiger charge is -2.11. The van der Waals surface area contributed by atoms with E-state index in [-0.39, 0.29) is 5.91 Å². The number of nitrogens with zero attached hydrogens (tertiary/aromatic N) is 4. The van der Waals surface area contributed by atoms with E-state index in [4.69, 9.17) is 4.74 Å². The van der Waals surface area contributed by atoms with Gasteiger partial charge >= 0.3 is 0 Å². The second-order valence-electron chi connectivity index (χ2n) is 7.22. The van der Waals surface area contributed by atoms with Crippen molar-refractivity contribution in [3.8, 4) is 11.5 Å². The number of hydrogen-bond donors (Lipinski definition) is 1. The zero-order valence-corrected chi connectivity index (χ0v) is 17.2. The Morgan fingerprint density at radius 2 is 1.87 bits per heavy atom. The summed E-state index contributed by atoms with van der Waals surface area (Å²) in [6, 6.07) is 15.2. The molecule has 7 heteroatoms. The highest BCUT2D eigenvalue weighted by atomic mass is 16.5. The minimum absolute atomic E-state index is 0.0557. The highest BCUT2D eigenvalue weighted by Crippen LogP contribution is 2.24. The van der Waals surface area contributed by atoms with E-state index in [2.05, 4.69) is 20.4 Å². The van der Waals surface area contributed by atoms with E-state index in [0.29, 0.717) is 18.6 Å². The van der Waals surface area contributed by atoms with Crippen LogP contribution in [0.2, 0.25) is 0 Å². The Bertz CT molecular complexity index is 1200. The standard InChI is InChI=1S/C23H23N5O2/c1-15-5-4-6-20(13-15)30-19-9-7-18(8-10-19)27-22(29)12-11-21-16(2)26-23-24-14-25-28(23)17(21)3/h4-10,13-14H,11-12H2,1-3H3,(H,27,29). The van der Waals surface area contributed by atoms with Crippen LogP contribution in [0.1, 0.15) is 28.9 Å². The minimum Gasteiger partial charge on any atom is -0.457 e. The molecule has 0 aliphatic heterocycles. The van der Waals surface area contributed by atoms with E-state index in [1.54, 1.807) is 4.52 Å². The molecule has 0 unspecified atom stereocenters. The summed E-state index contributed by atoms with van der Waals surface area (Å²) in [5.41, 5.74) is 4.72. The lowest BCUT2D eigenvalue weighted by Crippen LogP contribution is -2.14. The van der Waals surface area contributed by atoms with Crippen LogP contribution < -0.4 is 10.1 Å². The van der Waals surface area contributed by atoms with Crippen molar-refractivity contribution in [1.29, 1.82) is 0 Å². The van der Waals surface area contributed by atoms with Gasteiger partial charge in [-0.1, -0.05) is 12.1 Å². The molecular formula is C23H23N5O2. The van der Waals surface area contributed by atoms with Crippen LogP contribution >= 0.6 is 0 Å². The Kier molecular flexibility index (Phi) is 5.43. The largest absolute Gasteiger partial charge is 0.457 e. The van der Waals surface area contributed by atoms with Crippen LogP contribution in [-0.2, 0) is 11.2 Å². The molecule has 0 saturated carbocycles. The molecule has 0 bridgehead atoms. The van der Waals surface area contributed by atoms with Gasteiger partial charge in [0.15, 0.2) is 0 Å². The van der Waals surface area contributed by atoms with Crippen molar-refractivity contribution in [3.05, 3.63) is 77.4 Å². The fourth-order valence-electron chi connectivity index (χ4n) is 3.40. The van der Waals surface area contributed by atoms with Crippen molar-refractivity contribution >= 4 is 17.4 Å². The summed E-state index contributed by atoms with van der Waals surface area (Å²) >= 11 is 0. The van der Waals surface area contributed by atoms with E-state index < -0.39 is 0 Å². The second-order valence-corrected chi connectivity index (χ2v) is 7.22. The maximum Gasteiger partial charge on any atom is 0.252 e. The number of aryl methyl sites for hydroxylation is 3. The number of amides is 1. The van der Waals surface area contributed by atoms with Crippen molar-refractivity contribution in [2.24, 2.45) is 0 Å². The Hall–Kier alpha value is -3.74. The van der Waals surface area contributed by atoms with E-state index in [9.17, 15) is 4.79 Å². The predicted molar refractivity (Wildman–Crippen MR) is 115 cm³/mol. The van der Waals surface area contributed by atoms with Gasteiger partial charge in [0.05, 0.1) is 0 Å². The van der Waals surface area contributed by atoms with Gasteiger partial charge in [-0.2, -0.15) is 10.1 Å². The number of hydrogen-bond acceptors (Lipinski definition) is 5. The zero-order chi connectivity index (χ0) is 21.1. The molecule has 0 radical (unpaired) electrons. The maximum absolute atomic E-state index is 12.4. The topological polar surface area (TPSA) is 81.4 Å². The van der Waals surface area contributed by atoms with Crippen LogP contribution in [-0.4, -0.2) is 25.5 Å². The van der Waals surface area contributed by atoms with Crippen LogP contribution in [0.25, 0.3) is 5.78 Å². The minimum atomic E-state index is -0.0557. The number of ether oxygens (including phenoxy) is 1. The smallest absolute Gasteiger partial charge is 0.252 e. The molecule has 1 N–H and O–H groups in total. The summed E-state index contributed by atoms with van der Waals surface area (Å²) in [4.78, 5) is 21.0. The Balaban J connectivity index is 1.36. The molecule has 0 spiro atoms. The quantitative estimate of drug-likeness (QED) is 0.517. The van der Waals surface area contributed by atoms with Gasteiger partial charge in [-0.05, 0) is 74.7 Å². The van der Waals surface area contributed by atoms with Crippen LogP contribution in [0, 0.1) is 20.8 Å². The van der Waals surface area contributed by atoms with E-state index in [1.165, 1.54) is 6.33 Å². The predicted octanol–water partition coefficient (Wildman–Crippen LogP) is 4.41. The van der Waals surface area contributed by atoms with Crippen LogP contribution in [0.15, 0.2) is 54.9 Å². The summed E-state index contributed by atoms with van der Waals surface area (Å²) in [5, 5.41) is 7.12. The number of carbonyl (C=O) groups is 1. The molecule has 0 fully saturated rings. The molecule has 30 heavy (non-hydrogen) atoms. The van der Waals surface area contributed by atoms with Crippen molar-refractivity contribution in [2.75, 3.05) is 5.32 Å². The first-order valence-electron chi connectivity index (χ1n) is 9.80. The molecule has 152 valence electrons. The summed E-state index contributed by atoms with van der Waals surface area (Å²) in [6.07, 6.45) is 2.42. The van der Waals surface area contributed by atoms with Gasteiger partial charge in [0.25, 0.3) is 5.78 Å². The first-order valence-corrected chi connectivity index (χ1v) is 9.80. The maximum atomic E-state index is 12.4. The number of benzene rings is 2. The van der Waals surface area contributed by atoms with E-state index in [0.717, 1.165) is 39.7 Å². The third kappa shape index (κ3) is 4.30. The number of aromatic nitrogens is 4. The Morgan fingerprint density at radius 1 is 1.07 bits per heavy atom. The average molecular weight is 401 g/mol. The number of carbonyl (C=O) groups excluding carboxylic acids is 1. The molecule has 2 aromatic heterocycles. The third-order valence-electron chi connectivity index (χ3n) is 4.95.